The van der Waals surface area contributed by atoms with Crippen LogP contribution in [0.15, 0.2) is 48.6 Å². The Morgan fingerprint density at radius 3 is 2.49 bits per heavy atom. The predicted octanol–water partition coefficient (Wildman–Crippen LogP) is 3.52. The van der Waals surface area contributed by atoms with Crippen LogP contribution in [0.5, 0.6) is 0 Å². The van der Waals surface area contributed by atoms with Crippen LogP contribution in [-0.2, 0) is 19.1 Å². The number of aliphatic hydroxyl groups excluding tert-OH is 1. The number of carboxylic acids is 1. The van der Waals surface area contributed by atoms with Gasteiger partial charge in [-0.1, -0.05) is 68.4 Å². The van der Waals surface area contributed by atoms with Gasteiger partial charge in [0.1, 0.15) is 6.54 Å². The van der Waals surface area contributed by atoms with Gasteiger partial charge in [-0.2, -0.15) is 0 Å². The Morgan fingerprint density at radius 1 is 1.06 bits per heavy atom. The molecule has 35 heavy (non-hydrogen) atoms. The standard InChI is InChI=1S/C26H42N2O6S/c1-3-4-5-6-7-8-9-10-11-12-13-14-17-23(22(29)16-15-18-25(32)34-2)35-20-21(27)26(33)28-19-24(30)31/h7-8,10-14,17,21-23,29H,3-6,9,15-16,18-20,27H2,1-2H3,(H,28,33)(H,30,31)/b8-7-,11-10-,13-12+,17-14+/t21-,22-,23+/m0/s1. The fourth-order valence-corrected chi connectivity index (χ4v) is 4.01. The second-order valence-electron chi connectivity index (χ2n) is 7.95. The van der Waals surface area contributed by atoms with Crippen molar-refractivity contribution in [1.29, 1.82) is 0 Å². The first kappa shape index (κ1) is 32.6. The molecule has 0 rings (SSSR count). The van der Waals surface area contributed by atoms with Crippen LogP contribution in [-0.4, -0.2) is 64.9 Å². The number of esters is 1. The van der Waals surface area contributed by atoms with Crippen molar-refractivity contribution >= 4 is 29.6 Å². The van der Waals surface area contributed by atoms with Crippen LogP contribution in [0.1, 0.15) is 58.3 Å². The molecule has 5 N–H and O–H groups in total. The second-order valence-corrected chi connectivity index (χ2v) is 9.16. The van der Waals surface area contributed by atoms with Gasteiger partial charge in [0.25, 0.3) is 0 Å². The monoisotopic (exact) mass is 510 g/mol. The third-order valence-corrected chi connectivity index (χ3v) is 6.30. The molecule has 0 aliphatic rings. The molecule has 0 aromatic carbocycles. The van der Waals surface area contributed by atoms with Crippen molar-refractivity contribution in [3.8, 4) is 0 Å². The lowest BCUT2D eigenvalue weighted by atomic mass is 10.1. The van der Waals surface area contributed by atoms with Crippen molar-refractivity contribution in [3.05, 3.63) is 48.6 Å². The molecular formula is C26H42N2O6S. The summed E-state index contributed by atoms with van der Waals surface area (Å²) in [5, 5.41) is 21.2. The lowest BCUT2D eigenvalue weighted by Crippen LogP contribution is -2.44. The highest BCUT2D eigenvalue weighted by molar-refractivity contribution is 8.00. The quantitative estimate of drug-likeness (QED) is 0.0844. The lowest BCUT2D eigenvalue weighted by Gasteiger charge is -2.21. The Kier molecular flexibility index (Phi) is 20.6. The van der Waals surface area contributed by atoms with Crippen molar-refractivity contribution < 1.29 is 29.3 Å². The summed E-state index contributed by atoms with van der Waals surface area (Å²) in [5.74, 6) is -1.85. The van der Waals surface area contributed by atoms with Gasteiger partial charge in [-0.15, -0.1) is 11.8 Å². The number of carbonyl (C=O) groups excluding carboxylic acids is 2. The van der Waals surface area contributed by atoms with Crippen molar-refractivity contribution in [2.45, 2.75) is 75.7 Å². The predicted molar refractivity (Wildman–Crippen MR) is 142 cm³/mol. The van der Waals surface area contributed by atoms with E-state index in [1.54, 1.807) is 0 Å². The fraction of sp³-hybridized carbons (Fsp3) is 0.577. The van der Waals surface area contributed by atoms with E-state index in [4.69, 9.17) is 10.8 Å². The maximum Gasteiger partial charge on any atom is 0.322 e. The number of carbonyl (C=O) groups is 3. The summed E-state index contributed by atoms with van der Waals surface area (Å²) in [7, 11) is 1.32. The van der Waals surface area contributed by atoms with E-state index in [0.717, 1.165) is 12.8 Å². The summed E-state index contributed by atoms with van der Waals surface area (Å²) < 4.78 is 4.62. The molecule has 0 aliphatic heterocycles. The first-order valence-corrected chi connectivity index (χ1v) is 13.1. The summed E-state index contributed by atoms with van der Waals surface area (Å²) >= 11 is 1.30. The molecule has 0 radical (unpaired) electrons. The summed E-state index contributed by atoms with van der Waals surface area (Å²) in [6.07, 6.45) is 21.8. The zero-order valence-corrected chi connectivity index (χ0v) is 21.8. The molecule has 0 aromatic rings. The molecule has 0 spiro atoms. The van der Waals surface area contributed by atoms with E-state index in [2.05, 4.69) is 35.2 Å². The van der Waals surface area contributed by atoms with Crippen LogP contribution in [0.25, 0.3) is 0 Å². The summed E-state index contributed by atoms with van der Waals surface area (Å²) in [5.41, 5.74) is 5.86. The number of nitrogens with one attached hydrogen (secondary N) is 1. The van der Waals surface area contributed by atoms with E-state index in [1.807, 2.05) is 30.4 Å². The van der Waals surface area contributed by atoms with Crippen LogP contribution in [0, 0.1) is 0 Å². The number of amides is 1. The molecule has 0 fully saturated rings. The molecule has 0 saturated heterocycles. The van der Waals surface area contributed by atoms with Gasteiger partial charge in [-0.3, -0.25) is 14.4 Å². The van der Waals surface area contributed by atoms with Gasteiger partial charge in [-0.05, 0) is 32.1 Å². The lowest BCUT2D eigenvalue weighted by molar-refractivity contribution is -0.141. The van der Waals surface area contributed by atoms with Crippen LogP contribution < -0.4 is 11.1 Å². The van der Waals surface area contributed by atoms with Crippen LogP contribution in [0.4, 0.5) is 0 Å². The molecule has 0 aromatic heterocycles. The Hall–Kier alpha value is -2.36. The number of aliphatic hydroxyl groups is 1. The molecular weight excluding hydrogens is 468 g/mol. The molecule has 0 aliphatic carbocycles. The van der Waals surface area contributed by atoms with Crippen LogP contribution >= 0.6 is 11.8 Å². The molecule has 9 heteroatoms. The number of carboxylic acid groups (broad SMARTS) is 1. The number of rotatable bonds is 20. The minimum Gasteiger partial charge on any atom is -0.480 e. The molecule has 0 bridgehead atoms. The minimum atomic E-state index is -1.15. The summed E-state index contributed by atoms with van der Waals surface area (Å²) in [4.78, 5) is 33.8. The minimum absolute atomic E-state index is 0.197. The summed E-state index contributed by atoms with van der Waals surface area (Å²) in [6.45, 7) is 1.70. The number of hydrogen-bond donors (Lipinski definition) is 4. The number of methoxy groups -OCH3 is 1. The van der Waals surface area contributed by atoms with Gasteiger partial charge in [0, 0.05) is 17.4 Å². The highest BCUT2D eigenvalue weighted by atomic mass is 32.2. The van der Waals surface area contributed by atoms with Crippen LogP contribution in [0.3, 0.4) is 0 Å². The molecule has 1 amide bonds. The average molecular weight is 511 g/mol. The fourth-order valence-electron chi connectivity index (χ4n) is 2.86. The van der Waals surface area contributed by atoms with E-state index in [-0.39, 0.29) is 23.4 Å². The smallest absolute Gasteiger partial charge is 0.322 e. The topological polar surface area (TPSA) is 139 Å². The van der Waals surface area contributed by atoms with Gasteiger partial charge < -0.3 is 26.0 Å². The Bertz CT molecular complexity index is 721. The second kappa shape index (κ2) is 22.1. The maximum atomic E-state index is 11.9. The third-order valence-electron chi connectivity index (χ3n) is 4.89. The van der Waals surface area contributed by atoms with Crippen LogP contribution in [0.2, 0.25) is 0 Å². The molecule has 0 heterocycles. The van der Waals surface area contributed by atoms with Crippen molar-refractivity contribution in [3.63, 3.8) is 0 Å². The van der Waals surface area contributed by atoms with Gasteiger partial charge in [-0.25, -0.2) is 0 Å². The molecule has 3 atom stereocenters. The number of aliphatic carboxylic acids is 1. The van der Waals surface area contributed by atoms with Gasteiger partial charge >= 0.3 is 11.9 Å². The van der Waals surface area contributed by atoms with Gasteiger partial charge in [0.2, 0.25) is 5.91 Å². The number of unbranched alkanes of at least 4 members (excludes halogenated alkanes) is 3. The largest absolute Gasteiger partial charge is 0.480 e. The zero-order chi connectivity index (χ0) is 26.3. The zero-order valence-electron chi connectivity index (χ0n) is 20.9. The number of thioether (sulfide) groups is 1. The molecule has 0 unspecified atom stereocenters. The normalized spacial score (nSPS) is 14.6. The average Bonchev–Trinajstić information content (AvgIpc) is 2.84. The summed E-state index contributed by atoms with van der Waals surface area (Å²) in [6, 6.07) is -0.911. The van der Waals surface area contributed by atoms with E-state index in [0.29, 0.717) is 12.8 Å². The number of nitrogens with two attached hydrogens (primary N) is 1. The highest BCUT2D eigenvalue weighted by Gasteiger charge is 2.21. The maximum absolute atomic E-state index is 11.9. The Morgan fingerprint density at radius 2 is 1.80 bits per heavy atom. The molecule has 8 nitrogen and oxygen atoms in total. The third kappa shape index (κ3) is 19.6. The number of allylic oxidation sites excluding steroid dienone is 7. The first-order valence-electron chi connectivity index (χ1n) is 12.1. The van der Waals surface area contributed by atoms with Gasteiger partial charge in [0.05, 0.1) is 19.3 Å². The van der Waals surface area contributed by atoms with Gasteiger partial charge in [0.15, 0.2) is 0 Å². The number of ether oxygens (including phenoxy) is 1. The SMILES string of the molecule is CCCCC/C=C\C\C=C/C=C/C=C/[C@@H](SC[C@H](N)C(=O)NCC(=O)O)[C@@H](O)CCCC(=O)OC. The first-order chi connectivity index (χ1) is 16.8. The number of hydrogen-bond acceptors (Lipinski definition) is 7. The van der Waals surface area contributed by atoms with E-state index in [9.17, 15) is 19.5 Å². The van der Waals surface area contributed by atoms with E-state index >= 15 is 0 Å². The molecule has 0 saturated carbocycles. The highest BCUT2D eigenvalue weighted by Crippen LogP contribution is 2.21. The Labute approximate surface area is 213 Å². The van der Waals surface area contributed by atoms with E-state index < -0.39 is 30.6 Å². The van der Waals surface area contributed by atoms with Crippen molar-refractivity contribution in [2.75, 3.05) is 19.4 Å². The Balaban J connectivity index is 4.75. The molecule has 198 valence electrons. The van der Waals surface area contributed by atoms with Crippen molar-refractivity contribution in [2.24, 2.45) is 5.73 Å². The van der Waals surface area contributed by atoms with Crippen molar-refractivity contribution in [1.82, 2.24) is 5.32 Å². The van der Waals surface area contributed by atoms with E-state index in [1.165, 1.54) is 38.1 Å².